The number of nitrogens with zero attached hydrogens (tertiary/aromatic N) is 1. The Bertz CT molecular complexity index is 1230. The number of carbonyl (C=O) groups excluding carboxylic acids is 1. The van der Waals surface area contributed by atoms with Gasteiger partial charge in [0.25, 0.3) is 5.56 Å². The highest BCUT2D eigenvalue weighted by molar-refractivity contribution is 7.17. The number of hydrogen-bond donors (Lipinski definition) is 2. The monoisotopic (exact) mass is 469 g/mol. The molecular weight excluding hydrogens is 438 g/mol. The van der Waals surface area contributed by atoms with Crippen molar-refractivity contribution in [1.29, 1.82) is 0 Å². The van der Waals surface area contributed by atoms with E-state index in [1.807, 2.05) is 44.4 Å². The van der Waals surface area contributed by atoms with E-state index in [-0.39, 0.29) is 17.7 Å². The molecule has 0 saturated carbocycles. The predicted octanol–water partition coefficient (Wildman–Crippen LogP) is 4.75. The fourth-order valence-electron chi connectivity index (χ4n) is 4.25. The highest BCUT2D eigenvalue weighted by Crippen LogP contribution is 2.34. The average molecular weight is 470 g/mol. The third-order valence-corrected chi connectivity index (χ3v) is 6.68. The Kier molecular flexibility index (Phi) is 6.76. The highest BCUT2D eigenvalue weighted by Gasteiger charge is 2.23. The van der Waals surface area contributed by atoms with Gasteiger partial charge in [-0.15, -0.1) is 11.3 Å². The summed E-state index contributed by atoms with van der Waals surface area (Å²) in [6.07, 6.45) is 5.66. The first-order valence-electron chi connectivity index (χ1n) is 11.2. The van der Waals surface area contributed by atoms with E-state index in [1.165, 1.54) is 11.3 Å². The molecule has 4 rings (SSSR count). The number of alkyl carbamates (subject to hydrolysis) is 1. The molecule has 0 radical (unpaired) electrons. The number of carbonyl (C=O) groups is 1. The number of piperidine rings is 1. The van der Waals surface area contributed by atoms with E-state index in [1.54, 1.807) is 7.11 Å². The number of likely N-dealkylation sites (tertiary alicyclic amines) is 1. The largest absolute Gasteiger partial charge is 0.496 e. The fraction of sp³-hybridized carbons (Fsp3) is 0.440. The second-order valence-electron chi connectivity index (χ2n) is 9.35. The molecule has 8 heteroatoms. The lowest BCUT2D eigenvalue weighted by atomic mass is 10.0. The molecule has 1 amide bonds. The topological polar surface area (TPSA) is 83.7 Å². The van der Waals surface area contributed by atoms with Crippen molar-refractivity contribution in [3.63, 3.8) is 0 Å². The number of fused-ring (bicyclic) bond motifs is 3. The van der Waals surface area contributed by atoms with Gasteiger partial charge < -0.3 is 19.8 Å². The van der Waals surface area contributed by atoms with Crippen LogP contribution in [0.2, 0.25) is 0 Å². The van der Waals surface area contributed by atoms with Gasteiger partial charge in [-0.3, -0.25) is 9.69 Å². The van der Waals surface area contributed by atoms with Crippen LogP contribution in [0.3, 0.4) is 0 Å². The number of pyridine rings is 1. The Hall–Kier alpha value is -2.84. The Morgan fingerprint density at radius 3 is 2.73 bits per heavy atom. The van der Waals surface area contributed by atoms with E-state index in [4.69, 9.17) is 9.47 Å². The highest BCUT2D eigenvalue weighted by atomic mass is 32.1. The van der Waals surface area contributed by atoms with E-state index in [0.29, 0.717) is 0 Å². The zero-order valence-corrected chi connectivity index (χ0v) is 20.4. The van der Waals surface area contributed by atoms with Gasteiger partial charge in [0, 0.05) is 47.5 Å². The maximum Gasteiger partial charge on any atom is 0.407 e. The molecule has 0 bridgehead atoms. The van der Waals surface area contributed by atoms with Gasteiger partial charge in [0.2, 0.25) is 0 Å². The number of methoxy groups -OCH3 is 1. The molecule has 3 aromatic rings. The lowest BCUT2D eigenvalue weighted by molar-refractivity contribution is 0.0481. The zero-order chi connectivity index (χ0) is 23.6. The van der Waals surface area contributed by atoms with Crippen LogP contribution < -0.4 is 15.6 Å². The SMILES string of the molecule is COc1ccc2[nH]c(=O)c3sccc3c2c1/C=C/CN1CCC(NC(=O)OC(C)(C)C)CC1. The van der Waals surface area contributed by atoms with Crippen LogP contribution in [0.5, 0.6) is 5.75 Å². The minimum Gasteiger partial charge on any atom is -0.496 e. The second-order valence-corrected chi connectivity index (χ2v) is 10.3. The normalized spacial score (nSPS) is 16.0. The predicted molar refractivity (Wildman–Crippen MR) is 134 cm³/mol. The van der Waals surface area contributed by atoms with Crippen LogP contribution in [0.25, 0.3) is 27.1 Å². The molecule has 2 aromatic heterocycles. The summed E-state index contributed by atoms with van der Waals surface area (Å²) in [7, 11) is 1.66. The number of thiophene rings is 1. The van der Waals surface area contributed by atoms with Gasteiger partial charge in [-0.05, 0) is 57.2 Å². The molecule has 7 nitrogen and oxygen atoms in total. The number of nitrogens with one attached hydrogen (secondary N) is 2. The minimum atomic E-state index is -0.486. The van der Waals surface area contributed by atoms with E-state index in [9.17, 15) is 9.59 Å². The molecule has 0 unspecified atom stereocenters. The number of ether oxygens (including phenoxy) is 2. The van der Waals surface area contributed by atoms with E-state index in [2.05, 4.69) is 27.4 Å². The molecule has 0 spiro atoms. The smallest absolute Gasteiger partial charge is 0.407 e. The van der Waals surface area contributed by atoms with Crippen molar-refractivity contribution in [2.24, 2.45) is 0 Å². The number of rotatable bonds is 5. The molecule has 1 aromatic carbocycles. The number of benzene rings is 1. The van der Waals surface area contributed by atoms with Crippen molar-refractivity contribution in [3.05, 3.63) is 45.6 Å². The van der Waals surface area contributed by atoms with Crippen LogP contribution in [0.4, 0.5) is 4.79 Å². The van der Waals surface area contributed by atoms with Crippen molar-refractivity contribution in [1.82, 2.24) is 15.2 Å². The van der Waals surface area contributed by atoms with Gasteiger partial charge in [0.05, 0.1) is 7.11 Å². The summed E-state index contributed by atoms with van der Waals surface area (Å²) in [5.74, 6) is 0.776. The van der Waals surface area contributed by atoms with Crippen LogP contribution in [0, 0.1) is 0 Å². The first-order chi connectivity index (χ1) is 15.7. The van der Waals surface area contributed by atoms with Crippen molar-refractivity contribution in [2.75, 3.05) is 26.7 Å². The van der Waals surface area contributed by atoms with Crippen LogP contribution in [-0.2, 0) is 4.74 Å². The van der Waals surface area contributed by atoms with Crippen LogP contribution in [0.15, 0.2) is 34.4 Å². The molecule has 176 valence electrons. The molecule has 2 N–H and O–H groups in total. The molecule has 0 aliphatic carbocycles. The van der Waals surface area contributed by atoms with Crippen molar-refractivity contribution < 1.29 is 14.3 Å². The first-order valence-corrected chi connectivity index (χ1v) is 12.1. The Balaban J connectivity index is 1.44. The summed E-state index contributed by atoms with van der Waals surface area (Å²) in [6.45, 7) is 8.21. The van der Waals surface area contributed by atoms with E-state index in [0.717, 1.165) is 64.8 Å². The number of aromatic amines is 1. The third-order valence-electron chi connectivity index (χ3n) is 5.77. The Labute approximate surface area is 197 Å². The van der Waals surface area contributed by atoms with E-state index >= 15 is 0 Å². The summed E-state index contributed by atoms with van der Waals surface area (Å²) in [5, 5.41) is 6.88. The standard InChI is InChI=1S/C25H31N3O4S/c1-25(2,3)32-24(30)26-16-9-13-28(14-10-16)12-5-6-17-20(31-4)8-7-19-21(17)18-11-15-33-22(18)23(29)27-19/h5-8,11,15-16H,9-10,12-14H2,1-4H3,(H,26,30)(H,27,29)/b6-5+. The molecule has 1 saturated heterocycles. The van der Waals surface area contributed by atoms with Crippen LogP contribution in [0.1, 0.15) is 39.2 Å². The van der Waals surface area contributed by atoms with Crippen molar-refractivity contribution in [3.8, 4) is 5.75 Å². The summed E-state index contributed by atoms with van der Waals surface area (Å²) in [4.78, 5) is 29.7. The number of H-pyrrole nitrogens is 1. The summed E-state index contributed by atoms with van der Waals surface area (Å²) in [5.41, 5.74) is 1.23. The van der Waals surface area contributed by atoms with E-state index < -0.39 is 5.60 Å². The first kappa shape index (κ1) is 23.3. The van der Waals surface area contributed by atoms with Gasteiger partial charge in [-0.25, -0.2) is 4.79 Å². The number of amides is 1. The van der Waals surface area contributed by atoms with Crippen molar-refractivity contribution >= 4 is 44.5 Å². The van der Waals surface area contributed by atoms with Crippen molar-refractivity contribution in [2.45, 2.75) is 45.3 Å². The van der Waals surface area contributed by atoms with Gasteiger partial charge in [-0.2, -0.15) is 0 Å². The quantitative estimate of drug-likeness (QED) is 0.563. The zero-order valence-electron chi connectivity index (χ0n) is 19.6. The lowest BCUT2D eigenvalue weighted by Crippen LogP contribution is -2.46. The van der Waals surface area contributed by atoms with Gasteiger partial charge >= 0.3 is 6.09 Å². The summed E-state index contributed by atoms with van der Waals surface area (Å²) >= 11 is 1.45. The number of hydrogen-bond acceptors (Lipinski definition) is 6. The maximum absolute atomic E-state index is 12.4. The van der Waals surface area contributed by atoms with Crippen LogP contribution in [-0.4, -0.2) is 54.4 Å². The minimum absolute atomic E-state index is 0.0598. The van der Waals surface area contributed by atoms with Gasteiger partial charge in [0.15, 0.2) is 0 Å². The lowest BCUT2D eigenvalue weighted by Gasteiger charge is -2.32. The molecule has 1 fully saturated rings. The van der Waals surface area contributed by atoms with Gasteiger partial charge in [0.1, 0.15) is 16.1 Å². The fourth-order valence-corrected chi connectivity index (χ4v) is 5.05. The van der Waals surface area contributed by atoms with Gasteiger partial charge in [-0.1, -0.05) is 12.2 Å². The number of aromatic nitrogens is 1. The third kappa shape index (κ3) is 5.39. The molecule has 1 aliphatic rings. The summed E-state index contributed by atoms with van der Waals surface area (Å²) in [6, 6.07) is 5.93. The van der Waals surface area contributed by atoms with Crippen LogP contribution >= 0.6 is 11.3 Å². The molecule has 0 atom stereocenters. The molecule has 1 aliphatic heterocycles. The maximum atomic E-state index is 12.4. The average Bonchev–Trinajstić information content (AvgIpc) is 3.24. The Morgan fingerprint density at radius 2 is 2.03 bits per heavy atom. The summed E-state index contributed by atoms with van der Waals surface area (Å²) < 4.78 is 11.7. The molecular formula is C25H31N3O4S. The molecule has 3 heterocycles. The second kappa shape index (κ2) is 9.57. The molecule has 33 heavy (non-hydrogen) atoms. The Morgan fingerprint density at radius 1 is 1.27 bits per heavy atom.